The zero-order valence-electron chi connectivity index (χ0n) is 19.1. The molecule has 164 valence electrons. The predicted molar refractivity (Wildman–Crippen MR) is 123 cm³/mol. The third-order valence-corrected chi connectivity index (χ3v) is 9.27. The fourth-order valence-electron chi connectivity index (χ4n) is 8.77. The van der Waals surface area contributed by atoms with Gasteiger partial charge < -0.3 is 5.32 Å². The molecule has 4 saturated carbocycles. The van der Waals surface area contributed by atoms with Crippen LogP contribution < -0.4 is 5.32 Å². The van der Waals surface area contributed by atoms with Gasteiger partial charge in [-0.05, 0) is 107 Å². The van der Waals surface area contributed by atoms with Crippen LogP contribution in [0, 0.1) is 22.2 Å². The Morgan fingerprint density at radius 3 is 2.53 bits per heavy atom. The Kier molecular flexibility index (Phi) is 5.04. The van der Waals surface area contributed by atoms with E-state index in [-0.39, 0.29) is 10.8 Å². The van der Waals surface area contributed by atoms with E-state index in [0.29, 0.717) is 29.3 Å². The van der Waals surface area contributed by atoms with Gasteiger partial charge in [-0.2, -0.15) is 0 Å². The first kappa shape index (κ1) is 20.5. The summed E-state index contributed by atoms with van der Waals surface area (Å²) in [5.41, 5.74) is 1.50. The molecule has 0 spiro atoms. The first-order valence-electron chi connectivity index (χ1n) is 12.4. The second kappa shape index (κ2) is 7.36. The average Bonchev–Trinajstić information content (AvgIpc) is 3.16. The van der Waals surface area contributed by atoms with Crippen LogP contribution in [0.1, 0.15) is 78.1 Å². The van der Waals surface area contributed by atoms with Crippen molar-refractivity contribution in [1.29, 1.82) is 0 Å². The molecular formula is C27H40N2O. The number of nitrogens with one attached hydrogen (secondary N) is 1. The summed E-state index contributed by atoms with van der Waals surface area (Å²) in [7, 11) is 0. The first-order chi connectivity index (χ1) is 14.4. The zero-order chi connectivity index (χ0) is 21.0. The van der Waals surface area contributed by atoms with Gasteiger partial charge in [-0.25, -0.2) is 0 Å². The number of nitrogens with zero attached hydrogens (tertiary/aromatic N) is 1. The van der Waals surface area contributed by atoms with E-state index in [9.17, 15) is 4.79 Å². The van der Waals surface area contributed by atoms with E-state index in [1.807, 2.05) is 0 Å². The van der Waals surface area contributed by atoms with Gasteiger partial charge in [0.1, 0.15) is 0 Å². The first-order valence-corrected chi connectivity index (χ1v) is 12.4. The van der Waals surface area contributed by atoms with Crippen molar-refractivity contribution < 1.29 is 4.79 Å². The number of carbonyl (C=O) groups is 1. The molecule has 2 heterocycles. The Balaban J connectivity index is 1.39. The van der Waals surface area contributed by atoms with E-state index in [0.717, 1.165) is 25.7 Å². The van der Waals surface area contributed by atoms with E-state index in [4.69, 9.17) is 0 Å². The summed E-state index contributed by atoms with van der Waals surface area (Å²) in [5.74, 6) is 1.06. The van der Waals surface area contributed by atoms with Crippen LogP contribution in [0.25, 0.3) is 0 Å². The summed E-state index contributed by atoms with van der Waals surface area (Å²) in [4.78, 5) is 16.6. The second-order valence-electron chi connectivity index (χ2n) is 11.8. The highest BCUT2D eigenvalue weighted by molar-refractivity contribution is 5.84. The molecule has 0 radical (unpaired) electrons. The van der Waals surface area contributed by atoms with Crippen LogP contribution in [-0.2, 0) is 4.79 Å². The van der Waals surface area contributed by atoms with Crippen LogP contribution in [0.5, 0.6) is 0 Å². The average molecular weight is 409 g/mol. The molecule has 0 aromatic carbocycles. The van der Waals surface area contributed by atoms with Crippen molar-refractivity contribution in [1.82, 2.24) is 10.2 Å². The lowest BCUT2D eigenvalue weighted by molar-refractivity contribution is -0.167. The molecule has 0 aromatic heterocycles. The molecule has 0 aromatic rings. The zero-order valence-corrected chi connectivity index (χ0v) is 19.1. The number of hydrogen-bond donors (Lipinski definition) is 1. The smallest absolute Gasteiger partial charge is 0.226 e. The van der Waals surface area contributed by atoms with E-state index in [1.165, 1.54) is 57.2 Å². The molecule has 2 saturated heterocycles. The van der Waals surface area contributed by atoms with Gasteiger partial charge in [0.25, 0.3) is 0 Å². The molecule has 1 amide bonds. The SMILES string of the molecule is C=C(/C=C\C=C/C)[C@]12CC3CC(C(=O)N[C@@H]4CCCN5CCC[C@H]45)(C[C@](C)(C3)C1)C2. The molecule has 4 aliphatic carbocycles. The highest BCUT2D eigenvalue weighted by Crippen LogP contribution is 2.71. The summed E-state index contributed by atoms with van der Waals surface area (Å²) < 4.78 is 0. The number of fused-ring (bicyclic) bond motifs is 1. The highest BCUT2D eigenvalue weighted by Gasteiger charge is 2.64. The standard InChI is InChI=1S/C27H40N2O/c1-4-5-6-9-20(2)26-15-21-14-25(3,17-26)18-27(16-21,19-26)24(30)28-22-10-7-12-29-13-8-11-23(22)29/h4-6,9,21-23H,2,7-8,10-19H2,1,3H3,(H,28,30)/b5-4-,9-6-/t21?,22-,23-,25-,26-,27?/m1/s1. The lowest BCUT2D eigenvalue weighted by Gasteiger charge is -2.65. The Hall–Kier alpha value is -1.35. The van der Waals surface area contributed by atoms with Crippen molar-refractivity contribution in [2.24, 2.45) is 22.2 Å². The van der Waals surface area contributed by atoms with Crippen molar-refractivity contribution in [2.45, 2.75) is 90.1 Å². The molecule has 6 aliphatic rings. The minimum absolute atomic E-state index is 0.121. The maximum absolute atomic E-state index is 13.9. The van der Waals surface area contributed by atoms with Gasteiger partial charge in [0.2, 0.25) is 5.91 Å². The van der Waals surface area contributed by atoms with Gasteiger partial charge in [-0.1, -0.05) is 37.8 Å². The normalized spacial score (nSPS) is 45.3. The quantitative estimate of drug-likeness (QED) is 0.618. The number of allylic oxidation sites excluding steroid dienone is 5. The summed E-state index contributed by atoms with van der Waals surface area (Å²) in [6, 6.07) is 0.947. The minimum Gasteiger partial charge on any atom is -0.351 e. The van der Waals surface area contributed by atoms with Crippen molar-refractivity contribution in [3.63, 3.8) is 0 Å². The molecule has 30 heavy (non-hydrogen) atoms. The fourth-order valence-corrected chi connectivity index (χ4v) is 8.77. The Morgan fingerprint density at radius 1 is 1.03 bits per heavy atom. The van der Waals surface area contributed by atoms with Gasteiger partial charge in [0.05, 0.1) is 5.41 Å². The van der Waals surface area contributed by atoms with Crippen molar-refractivity contribution in [3.05, 3.63) is 36.5 Å². The molecule has 3 nitrogen and oxygen atoms in total. The van der Waals surface area contributed by atoms with E-state index >= 15 is 0 Å². The highest BCUT2D eigenvalue weighted by atomic mass is 16.2. The number of hydrogen-bond acceptors (Lipinski definition) is 2. The second-order valence-corrected chi connectivity index (χ2v) is 11.8. The molecule has 4 bridgehead atoms. The van der Waals surface area contributed by atoms with E-state index in [1.54, 1.807) is 0 Å². The van der Waals surface area contributed by atoms with Crippen molar-refractivity contribution in [3.8, 4) is 0 Å². The lowest BCUT2D eigenvalue weighted by Crippen LogP contribution is -2.63. The molecule has 6 rings (SSSR count). The number of piperidine rings is 1. The summed E-state index contributed by atoms with van der Waals surface area (Å²) in [5, 5.41) is 3.63. The number of rotatable bonds is 5. The molecular weight excluding hydrogens is 368 g/mol. The van der Waals surface area contributed by atoms with Gasteiger partial charge in [0.15, 0.2) is 0 Å². The van der Waals surface area contributed by atoms with Gasteiger partial charge in [-0.3, -0.25) is 9.69 Å². The third kappa shape index (κ3) is 3.32. The predicted octanol–water partition coefficient (Wildman–Crippen LogP) is 5.39. The molecule has 3 heteroatoms. The van der Waals surface area contributed by atoms with Crippen LogP contribution in [-0.4, -0.2) is 36.0 Å². The summed E-state index contributed by atoms with van der Waals surface area (Å²) in [6.07, 6.45) is 20.4. The van der Waals surface area contributed by atoms with Crippen LogP contribution in [0.2, 0.25) is 0 Å². The topological polar surface area (TPSA) is 32.3 Å². The molecule has 1 N–H and O–H groups in total. The monoisotopic (exact) mass is 408 g/mol. The summed E-state index contributed by atoms with van der Waals surface area (Å²) >= 11 is 0. The van der Waals surface area contributed by atoms with Crippen LogP contribution in [0.4, 0.5) is 0 Å². The van der Waals surface area contributed by atoms with E-state index < -0.39 is 0 Å². The van der Waals surface area contributed by atoms with Crippen LogP contribution in [0.15, 0.2) is 36.5 Å². The largest absolute Gasteiger partial charge is 0.351 e. The van der Waals surface area contributed by atoms with Gasteiger partial charge in [-0.15, -0.1) is 0 Å². The fraction of sp³-hybridized carbons (Fsp3) is 0.741. The Labute approximate surface area is 183 Å². The molecule has 2 unspecified atom stereocenters. The molecule has 2 aliphatic heterocycles. The number of amides is 1. The van der Waals surface area contributed by atoms with Crippen LogP contribution >= 0.6 is 0 Å². The molecule has 6 atom stereocenters. The Morgan fingerprint density at radius 2 is 1.77 bits per heavy atom. The lowest BCUT2D eigenvalue weighted by atomic mass is 9.38. The maximum atomic E-state index is 13.9. The summed E-state index contributed by atoms with van der Waals surface area (Å²) in [6.45, 7) is 11.5. The van der Waals surface area contributed by atoms with Gasteiger partial charge in [0, 0.05) is 12.1 Å². The Bertz CT molecular complexity index is 784. The maximum Gasteiger partial charge on any atom is 0.226 e. The van der Waals surface area contributed by atoms with Crippen LogP contribution in [0.3, 0.4) is 0 Å². The third-order valence-electron chi connectivity index (χ3n) is 9.27. The number of carbonyl (C=O) groups excluding carboxylic acids is 1. The van der Waals surface area contributed by atoms with Gasteiger partial charge >= 0.3 is 0 Å². The minimum atomic E-state index is -0.174. The van der Waals surface area contributed by atoms with Crippen molar-refractivity contribution >= 4 is 5.91 Å². The van der Waals surface area contributed by atoms with E-state index in [2.05, 4.69) is 54.9 Å². The van der Waals surface area contributed by atoms with Crippen molar-refractivity contribution in [2.75, 3.05) is 13.1 Å². The molecule has 6 fully saturated rings.